The molecular weight excluding hydrogens is 364 g/mol. The molecule has 0 bridgehead atoms. The second-order valence-corrected chi connectivity index (χ2v) is 8.15. The number of aromatic nitrogens is 4. The van der Waals surface area contributed by atoms with Crippen LogP contribution in [0.25, 0.3) is 0 Å². The van der Waals surface area contributed by atoms with E-state index in [-0.39, 0.29) is 0 Å². The van der Waals surface area contributed by atoms with E-state index in [1.165, 1.54) is 0 Å². The van der Waals surface area contributed by atoms with Crippen LogP contribution in [0.3, 0.4) is 0 Å². The molecule has 2 aromatic rings. The summed E-state index contributed by atoms with van der Waals surface area (Å²) in [5.74, 6) is 3.64. The molecule has 2 aromatic heterocycles. The van der Waals surface area contributed by atoms with Gasteiger partial charge in [0.2, 0.25) is 0 Å². The highest BCUT2D eigenvalue weighted by atomic mass is 15.3. The monoisotopic (exact) mass is 396 g/mol. The van der Waals surface area contributed by atoms with Crippen LogP contribution in [0.15, 0.2) is 29.4 Å². The number of aryl methyl sites for hydroxylation is 2. The van der Waals surface area contributed by atoms with Gasteiger partial charge in [-0.15, -0.1) is 10.2 Å². The summed E-state index contributed by atoms with van der Waals surface area (Å²) >= 11 is 0. The molecule has 8 heteroatoms. The van der Waals surface area contributed by atoms with Crippen LogP contribution in [0.5, 0.6) is 0 Å². The van der Waals surface area contributed by atoms with E-state index in [0.717, 1.165) is 81.7 Å². The number of aliphatic imine (C=N–C) groups is 1. The van der Waals surface area contributed by atoms with Gasteiger partial charge in [0.1, 0.15) is 11.6 Å². The molecule has 1 unspecified atom stereocenters. The van der Waals surface area contributed by atoms with Crippen LogP contribution in [0.4, 0.5) is 0 Å². The average Bonchev–Trinajstić information content (AvgIpc) is 3.13. The number of hydrogen-bond donors (Lipinski definition) is 2. The summed E-state index contributed by atoms with van der Waals surface area (Å²) in [5.41, 5.74) is 1.15. The van der Waals surface area contributed by atoms with E-state index < -0.39 is 0 Å². The molecule has 1 atom stereocenters. The summed E-state index contributed by atoms with van der Waals surface area (Å²) in [6.45, 7) is 7.06. The Labute approximate surface area is 172 Å². The molecule has 8 nitrogen and oxygen atoms in total. The van der Waals surface area contributed by atoms with E-state index in [2.05, 4.69) is 52.4 Å². The topological polar surface area (TPSA) is 83.3 Å². The van der Waals surface area contributed by atoms with Crippen molar-refractivity contribution in [2.45, 2.75) is 51.7 Å². The lowest BCUT2D eigenvalue weighted by Crippen LogP contribution is -2.49. The van der Waals surface area contributed by atoms with Gasteiger partial charge in [-0.05, 0) is 44.2 Å². The van der Waals surface area contributed by atoms with Gasteiger partial charge < -0.3 is 15.2 Å². The van der Waals surface area contributed by atoms with Gasteiger partial charge in [0.15, 0.2) is 5.96 Å². The molecule has 29 heavy (non-hydrogen) atoms. The fraction of sp³-hybridized carbons (Fsp3) is 0.619. The summed E-state index contributed by atoms with van der Waals surface area (Å²) in [6, 6.07) is 6.60. The molecule has 0 saturated carbocycles. The molecule has 156 valence electrons. The number of piperidine rings is 1. The predicted octanol–water partition coefficient (Wildman–Crippen LogP) is 1.37. The number of likely N-dealkylation sites (tertiary alicyclic amines) is 1. The molecule has 0 aromatic carbocycles. The lowest BCUT2D eigenvalue weighted by atomic mass is 9.99. The Kier molecular flexibility index (Phi) is 6.39. The molecule has 0 radical (unpaired) electrons. The summed E-state index contributed by atoms with van der Waals surface area (Å²) in [4.78, 5) is 11.4. The molecule has 1 saturated heterocycles. The largest absolute Gasteiger partial charge is 0.356 e. The minimum atomic E-state index is 0.472. The van der Waals surface area contributed by atoms with Gasteiger partial charge in [-0.2, -0.15) is 0 Å². The molecule has 2 aliphatic heterocycles. The van der Waals surface area contributed by atoms with Gasteiger partial charge in [0.25, 0.3) is 0 Å². The minimum absolute atomic E-state index is 0.472. The van der Waals surface area contributed by atoms with Crippen LogP contribution in [0.2, 0.25) is 0 Å². The van der Waals surface area contributed by atoms with Crippen molar-refractivity contribution in [3.8, 4) is 0 Å². The van der Waals surface area contributed by atoms with Crippen LogP contribution >= 0.6 is 0 Å². The maximum Gasteiger partial charge on any atom is 0.191 e. The van der Waals surface area contributed by atoms with Crippen LogP contribution in [-0.2, 0) is 19.5 Å². The molecule has 4 rings (SSSR count). The molecule has 2 aliphatic rings. The molecule has 0 aliphatic carbocycles. The first-order valence-electron chi connectivity index (χ1n) is 10.7. The zero-order valence-corrected chi connectivity index (χ0v) is 17.5. The summed E-state index contributed by atoms with van der Waals surface area (Å²) in [6.07, 6.45) is 6.28. The number of nitrogens with one attached hydrogen (secondary N) is 2. The third kappa shape index (κ3) is 5.12. The fourth-order valence-corrected chi connectivity index (χ4v) is 4.28. The van der Waals surface area contributed by atoms with Crippen LogP contribution in [0, 0.1) is 12.8 Å². The Balaban J connectivity index is 1.20. The Morgan fingerprint density at radius 2 is 2.07 bits per heavy atom. The molecule has 4 heterocycles. The predicted molar refractivity (Wildman–Crippen MR) is 114 cm³/mol. The molecule has 0 spiro atoms. The highest BCUT2D eigenvalue weighted by molar-refractivity contribution is 5.79. The Morgan fingerprint density at radius 1 is 1.21 bits per heavy atom. The van der Waals surface area contributed by atoms with E-state index in [1.807, 2.05) is 26.2 Å². The minimum Gasteiger partial charge on any atom is -0.356 e. The fourth-order valence-electron chi connectivity index (χ4n) is 4.28. The molecular formula is C21H32N8. The SMILES string of the molecule is CN=C(NCC1CCc2nnc(C)n2C1)NC1CCN(Cc2ccccn2)CC1. The zero-order valence-electron chi connectivity index (χ0n) is 17.5. The molecule has 1 fully saturated rings. The zero-order chi connectivity index (χ0) is 20.1. The van der Waals surface area contributed by atoms with Gasteiger partial charge in [-0.3, -0.25) is 14.9 Å². The van der Waals surface area contributed by atoms with Crippen LogP contribution < -0.4 is 10.6 Å². The van der Waals surface area contributed by atoms with Crippen LogP contribution in [-0.4, -0.2) is 63.3 Å². The number of pyridine rings is 1. The smallest absolute Gasteiger partial charge is 0.191 e. The van der Waals surface area contributed by atoms with E-state index >= 15 is 0 Å². The maximum absolute atomic E-state index is 4.44. The van der Waals surface area contributed by atoms with E-state index in [4.69, 9.17) is 0 Å². The van der Waals surface area contributed by atoms with Crippen molar-refractivity contribution >= 4 is 5.96 Å². The third-order valence-corrected chi connectivity index (χ3v) is 6.05. The number of nitrogens with zero attached hydrogens (tertiary/aromatic N) is 6. The van der Waals surface area contributed by atoms with Gasteiger partial charge in [-0.1, -0.05) is 6.07 Å². The van der Waals surface area contributed by atoms with E-state index in [9.17, 15) is 0 Å². The quantitative estimate of drug-likeness (QED) is 0.587. The number of fused-ring (bicyclic) bond motifs is 1. The Hall–Kier alpha value is -2.48. The Morgan fingerprint density at radius 3 is 2.83 bits per heavy atom. The maximum atomic E-state index is 4.44. The summed E-state index contributed by atoms with van der Waals surface area (Å²) in [7, 11) is 1.86. The third-order valence-electron chi connectivity index (χ3n) is 6.05. The van der Waals surface area contributed by atoms with Gasteiger partial charge in [-0.25, -0.2) is 0 Å². The first-order valence-corrected chi connectivity index (χ1v) is 10.7. The Bertz CT molecular complexity index is 807. The number of rotatable bonds is 5. The standard InChI is InChI=1S/C21H32N8/c1-16-26-27-20-7-6-17(14-29(16)20)13-24-21(22-2)25-18-8-11-28(12-9-18)15-19-5-3-4-10-23-19/h3-5,10,17-18H,6-9,11-15H2,1-2H3,(H2,22,24,25). The van der Waals surface area contributed by atoms with Crippen molar-refractivity contribution in [3.05, 3.63) is 41.7 Å². The highest BCUT2D eigenvalue weighted by Gasteiger charge is 2.23. The highest BCUT2D eigenvalue weighted by Crippen LogP contribution is 2.19. The van der Waals surface area contributed by atoms with Gasteiger partial charge >= 0.3 is 0 Å². The molecule has 0 amide bonds. The second-order valence-electron chi connectivity index (χ2n) is 8.15. The van der Waals surface area contributed by atoms with Crippen molar-refractivity contribution < 1.29 is 0 Å². The van der Waals surface area contributed by atoms with Crippen molar-refractivity contribution in [1.29, 1.82) is 0 Å². The second kappa shape index (κ2) is 9.35. The van der Waals surface area contributed by atoms with Crippen molar-refractivity contribution in [1.82, 2.24) is 35.3 Å². The molecule has 2 N–H and O–H groups in total. The normalized spacial score (nSPS) is 21.0. The summed E-state index contributed by atoms with van der Waals surface area (Å²) in [5, 5.41) is 15.6. The number of guanidine groups is 1. The lowest BCUT2D eigenvalue weighted by molar-refractivity contribution is 0.196. The van der Waals surface area contributed by atoms with Gasteiger partial charge in [0.05, 0.1) is 5.69 Å². The number of hydrogen-bond acceptors (Lipinski definition) is 5. The van der Waals surface area contributed by atoms with Crippen molar-refractivity contribution in [2.75, 3.05) is 26.7 Å². The lowest BCUT2D eigenvalue weighted by Gasteiger charge is -2.33. The van der Waals surface area contributed by atoms with Crippen molar-refractivity contribution in [3.63, 3.8) is 0 Å². The van der Waals surface area contributed by atoms with E-state index in [0.29, 0.717) is 12.0 Å². The van der Waals surface area contributed by atoms with E-state index in [1.54, 1.807) is 0 Å². The average molecular weight is 397 g/mol. The first kappa shape index (κ1) is 19.8. The van der Waals surface area contributed by atoms with Gasteiger partial charge in [0, 0.05) is 58.4 Å². The van der Waals surface area contributed by atoms with Crippen LogP contribution in [0.1, 0.15) is 36.6 Å². The first-order chi connectivity index (χ1) is 14.2. The van der Waals surface area contributed by atoms with Crippen molar-refractivity contribution in [2.24, 2.45) is 10.9 Å². The summed E-state index contributed by atoms with van der Waals surface area (Å²) < 4.78 is 2.25.